The number of thioether (sulfide) groups is 1. The van der Waals surface area contributed by atoms with Gasteiger partial charge >= 0.3 is 0 Å². The number of hydrogen-bond donors (Lipinski definition) is 1. The zero-order chi connectivity index (χ0) is 20.3. The number of amides is 1. The molecule has 0 radical (unpaired) electrons. The van der Waals surface area contributed by atoms with Gasteiger partial charge in [0.2, 0.25) is 5.91 Å². The number of carbonyl (C=O) groups excluding carboxylic acids is 1. The molecule has 0 unspecified atom stereocenters. The van der Waals surface area contributed by atoms with Crippen LogP contribution in [0, 0.1) is 0 Å². The minimum absolute atomic E-state index is 0.0340. The molecule has 3 aromatic carbocycles. The molecule has 4 aromatic rings. The lowest BCUT2D eigenvalue weighted by Crippen LogP contribution is -2.29. The molecule has 148 valence electrons. The summed E-state index contributed by atoms with van der Waals surface area (Å²) in [5.74, 6) is 0.0340. The van der Waals surface area contributed by atoms with Crippen LogP contribution in [0.4, 0.5) is 0 Å². The van der Waals surface area contributed by atoms with Crippen molar-refractivity contribution in [3.05, 3.63) is 90.5 Å². The van der Waals surface area contributed by atoms with Crippen LogP contribution in [0.2, 0.25) is 0 Å². The van der Waals surface area contributed by atoms with Crippen LogP contribution in [-0.2, 0) is 4.79 Å². The summed E-state index contributed by atoms with van der Waals surface area (Å²) in [4.78, 5) is 13.0. The van der Waals surface area contributed by atoms with Gasteiger partial charge in [0.05, 0.1) is 0 Å². The van der Waals surface area contributed by atoms with Crippen molar-refractivity contribution in [3.8, 4) is 11.3 Å². The van der Waals surface area contributed by atoms with E-state index in [2.05, 4.69) is 27.6 Å². The zero-order valence-electron chi connectivity index (χ0n) is 16.4. The molecule has 1 aliphatic carbocycles. The summed E-state index contributed by atoms with van der Waals surface area (Å²) in [5.41, 5.74) is 2.86. The predicted molar refractivity (Wildman–Crippen MR) is 121 cm³/mol. The topological polar surface area (TPSA) is 54.9 Å². The van der Waals surface area contributed by atoms with Gasteiger partial charge in [-0.1, -0.05) is 96.7 Å². The predicted octanol–water partition coefficient (Wildman–Crippen LogP) is 5.41. The van der Waals surface area contributed by atoms with Crippen LogP contribution in [0.1, 0.15) is 23.7 Å². The lowest BCUT2D eigenvalue weighted by Gasteiger charge is -2.17. The third kappa shape index (κ3) is 3.94. The monoisotopic (exact) mass is 411 g/mol. The smallest absolute Gasteiger partial charge is 0.238 e. The van der Waals surface area contributed by atoms with E-state index in [-0.39, 0.29) is 11.2 Å². The van der Waals surface area contributed by atoms with Crippen LogP contribution >= 0.6 is 11.8 Å². The van der Waals surface area contributed by atoms with Crippen molar-refractivity contribution in [3.63, 3.8) is 0 Å². The second kappa shape index (κ2) is 8.28. The van der Waals surface area contributed by atoms with Crippen LogP contribution in [-0.4, -0.2) is 22.1 Å². The van der Waals surface area contributed by atoms with Gasteiger partial charge in [-0.2, -0.15) is 0 Å². The first-order valence-electron chi connectivity index (χ1n) is 10.1. The van der Waals surface area contributed by atoms with E-state index < -0.39 is 0 Å². The Morgan fingerprint density at radius 3 is 2.17 bits per heavy atom. The molecule has 0 aliphatic heterocycles. The van der Waals surface area contributed by atoms with Crippen LogP contribution in [0.3, 0.4) is 0 Å². The Hall–Kier alpha value is -3.18. The first-order valence-corrected chi connectivity index (χ1v) is 11.0. The van der Waals surface area contributed by atoms with E-state index in [4.69, 9.17) is 0 Å². The molecule has 0 saturated heterocycles. The largest absolute Gasteiger partial charge is 0.352 e. The summed E-state index contributed by atoms with van der Waals surface area (Å²) >= 11 is 1.47. The number of hydrogen-bond acceptors (Lipinski definition) is 4. The standard InChI is InChI=1S/C25H21N3OS/c29-24(26-19-15-16-19)23(18-11-5-2-6-12-18)30-25-21-14-8-7-13-20(21)22(27-28-25)17-9-3-1-4-10-17/h1-14,19,23H,15-16H2,(H,26,29)/t23-/m0/s1. The average Bonchev–Trinajstić information content (AvgIpc) is 3.62. The molecule has 1 N–H and O–H groups in total. The van der Waals surface area contributed by atoms with Crippen molar-refractivity contribution in [2.24, 2.45) is 0 Å². The maximum absolute atomic E-state index is 13.0. The SMILES string of the molecule is O=C(NC1CC1)[C@@H](Sc1nnc(-c2ccccc2)c2ccccc12)c1ccccc1. The highest BCUT2D eigenvalue weighted by Crippen LogP contribution is 2.39. The molecular formula is C25H21N3OS. The molecule has 5 rings (SSSR count). The Bertz CT molecular complexity index is 1180. The van der Waals surface area contributed by atoms with Gasteiger partial charge in [-0.05, 0) is 18.4 Å². The van der Waals surface area contributed by atoms with E-state index in [1.54, 1.807) is 0 Å². The summed E-state index contributed by atoms with van der Waals surface area (Å²) in [5, 5.41) is 14.7. The number of aromatic nitrogens is 2. The maximum Gasteiger partial charge on any atom is 0.238 e. The number of fused-ring (bicyclic) bond motifs is 1. The Morgan fingerprint density at radius 1 is 0.833 bits per heavy atom. The van der Waals surface area contributed by atoms with Crippen molar-refractivity contribution in [2.45, 2.75) is 29.2 Å². The molecule has 1 aliphatic rings. The second-order valence-corrected chi connectivity index (χ2v) is 8.55. The fraction of sp³-hybridized carbons (Fsp3) is 0.160. The fourth-order valence-electron chi connectivity index (χ4n) is 3.49. The highest BCUT2D eigenvalue weighted by atomic mass is 32.2. The quantitative estimate of drug-likeness (QED) is 0.431. The van der Waals surface area contributed by atoms with Crippen molar-refractivity contribution >= 4 is 28.4 Å². The van der Waals surface area contributed by atoms with Crippen molar-refractivity contribution in [2.75, 3.05) is 0 Å². The van der Waals surface area contributed by atoms with Crippen LogP contribution in [0.15, 0.2) is 90.0 Å². The summed E-state index contributed by atoms with van der Waals surface area (Å²) in [6.07, 6.45) is 2.12. The van der Waals surface area contributed by atoms with E-state index >= 15 is 0 Å². The Kier molecular flexibility index (Phi) is 5.20. The Balaban J connectivity index is 1.55. The lowest BCUT2D eigenvalue weighted by molar-refractivity contribution is -0.120. The van der Waals surface area contributed by atoms with E-state index in [1.807, 2.05) is 72.8 Å². The lowest BCUT2D eigenvalue weighted by atomic mass is 10.1. The van der Waals surface area contributed by atoms with E-state index in [0.717, 1.165) is 45.5 Å². The molecule has 1 amide bonds. The Labute approximate surface area is 179 Å². The number of benzene rings is 3. The molecule has 1 saturated carbocycles. The maximum atomic E-state index is 13.0. The summed E-state index contributed by atoms with van der Waals surface area (Å²) in [6, 6.07) is 28.4. The zero-order valence-corrected chi connectivity index (χ0v) is 17.2. The molecule has 0 bridgehead atoms. The van der Waals surface area contributed by atoms with Gasteiger partial charge in [-0.15, -0.1) is 10.2 Å². The highest BCUT2D eigenvalue weighted by Gasteiger charge is 2.30. The molecule has 1 aromatic heterocycles. The molecule has 0 spiro atoms. The Morgan fingerprint density at radius 2 is 1.47 bits per heavy atom. The van der Waals surface area contributed by atoms with Crippen molar-refractivity contribution in [1.82, 2.24) is 15.5 Å². The molecule has 4 nitrogen and oxygen atoms in total. The highest BCUT2D eigenvalue weighted by molar-refractivity contribution is 8.00. The van der Waals surface area contributed by atoms with Crippen LogP contribution < -0.4 is 5.32 Å². The third-order valence-corrected chi connectivity index (χ3v) is 6.44. The summed E-state index contributed by atoms with van der Waals surface area (Å²) in [7, 11) is 0. The molecule has 1 atom stereocenters. The number of nitrogens with zero attached hydrogens (tertiary/aromatic N) is 2. The summed E-state index contributed by atoms with van der Waals surface area (Å²) < 4.78 is 0. The average molecular weight is 412 g/mol. The van der Waals surface area contributed by atoms with E-state index in [0.29, 0.717) is 6.04 Å². The van der Waals surface area contributed by atoms with Gasteiger partial charge in [-0.3, -0.25) is 4.79 Å². The second-order valence-electron chi connectivity index (χ2n) is 7.46. The minimum Gasteiger partial charge on any atom is -0.352 e. The fourth-order valence-corrected chi connectivity index (χ4v) is 4.58. The first-order chi connectivity index (χ1) is 14.8. The van der Waals surface area contributed by atoms with Gasteiger partial charge in [0.25, 0.3) is 0 Å². The number of nitrogens with one attached hydrogen (secondary N) is 1. The van der Waals surface area contributed by atoms with Gasteiger partial charge < -0.3 is 5.32 Å². The third-order valence-electron chi connectivity index (χ3n) is 5.19. The summed E-state index contributed by atoms with van der Waals surface area (Å²) in [6.45, 7) is 0. The molecule has 30 heavy (non-hydrogen) atoms. The normalized spacial score (nSPS) is 14.4. The molecule has 5 heteroatoms. The number of carbonyl (C=O) groups is 1. The molecule has 1 fully saturated rings. The van der Waals surface area contributed by atoms with Gasteiger partial charge in [0.1, 0.15) is 16.0 Å². The van der Waals surface area contributed by atoms with Crippen molar-refractivity contribution < 1.29 is 4.79 Å². The number of rotatable bonds is 6. The van der Waals surface area contributed by atoms with Gasteiger partial charge in [0.15, 0.2) is 0 Å². The van der Waals surface area contributed by atoms with Crippen molar-refractivity contribution in [1.29, 1.82) is 0 Å². The first kappa shape index (κ1) is 18.8. The molecule has 1 heterocycles. The van der Waals surface area contributed by atoms with E-state index in [1.165, 1.54) is 11.8 Å². The van der Waals surface area contributed by atoms with E-state index in [9.17, 15) is 4.79 Å². The van der Waals surface area contributed by atoms with Crippen LogP contribution in [0.25, 0.3) is 22.0 Å². The van der Waals surface area contributed by atoms with Gasteiger partial charge in [-0.25, -0.2) is 0 Å². The molecular weight excluding hydrogens is 390 g/mol. The van der Waals surface area contributed by atoms with Crippen LogP contribution in [0.5, 0.6) is 0 Å². The van der Waals surface area contributed by atoms with Gasteiger partial charge in [0, 0.05) is 22.4 Å². The minimum atomic E-state index is -0.368.